The Bertz CT molecular complexity index is 132. The lowest BCUT2D eigenvalue weighted by molar-refractivity contribution is -0.0595. The van der Waals surface area contributed by atoms with E-state index in [1.54, 1.807) is 0 Å². The normalized spacial score (nSPS) is 18.8. The summed E-state index contributed by atoms with van der Waals surface area (Å²) in [7, 11) is 0. The van der Waals surface area contributed by atoms with Crippen molar-refractivity contribution < 1.29 is 9.47 Å². The molecule has 12 heavy (non-hydrogen) atoms. The van der Waals surface area contributed by atoms with Gasteiger partial charge in [0.2, 0.25) is 0 Å². The van der Waals surface area contributed by atoms with E-state index < -0.39 is 0 Å². The minimum atomic E-state index is -0.0232. The summed E-state index contributed by atoms with van der Waals surface area (Å²) in [6.07, 6.45) is 1.88. The van der Waals surface area contributed by atoms with Crippen LogP contribution in [0, 0.1) is 0 Å². The molecule has 0 N–H and O–H groups in total. The second-order valence-corrected chi connectivity index (χ2v) is 2.81. The Hall–Kier alpha value is -0.380. The maximum absolute atomic E-state index is 5.33. The van der Waals surface area contributed by atoms with Crippen LogP contribution in [-0.4, -0.2) is 44.0 Å². The lowest BCUT2D eigenvalue weighted by Gasteiger charge is -2.21. The highest BCUT2D eigenvalue weighted by atomic mass is 16.7. The Morgan fingerprint density at radius 3 is 2.67 bits per heavy atom. The smallest absolute Gasteiger partial charge is 0.170 e. The van der Waals surface area contributed by atoms with Crippen LogP contribution in [0.15, 0.2) is 12.7 Å². The molecule has 0 unspecified atom stereocenters. The quantitative estimate of drug-likeness (QED) is 0.573. The molecule has 1 fully saturated rings. The number of hydrogen-bond donors (Lipinski definition) is 0. The van der Waals surface area contributed by atoms with Gasteiger partial charge in [-0.2, -0.15) is 0 Å². The van der Waals surface area contributed by atoms with Gasteiger partial charge in [-0.25, -0.2) is 0 Å². The van der Waals surface area contributed by atoms with Crippen molar-refractivity contribution in [3.8, 4) is 0 Å². The topological polar surface area (TPSA) is 21.7 Å². The molecule has 0 aromatic rings. The van der Waals surface area contributed by atoms with E-state index in [2.05, 4.69) is 18.4 Å². The standard InChI is InChI=1S/C9H17NO2/c1-3-5-10(4-2)8-9-11-6-7-12-9/h3,9H,1,4-8H2,2H3. The summed E-state index contributed by atoms with van der Waals surface area (Å²) < 4.78 is 10.7. The van der Waals surface area contributed by atoms with E-state index in [9.17, 15) is 0 Å². The first-order valence-electron chi connectivity index (χ1n) is 4.43. The van der Waals surface area contributed by atoms with Gasteiger partial charge >= 0.3 is 0 Å². The third-order valence-corrected chi connectivity index (χ3v) is 1.93. The summed E-state index contributed by atoms with van der Waals surface area (Å²) in [5.74, 6) is 0. The van der Waals surface area contributed by atoms with E-state index in [4.69, 9.17) is 9.47 Å². The molecule has 1 rings (SSSR count). The molecule has 0 bridgehead atoms. The summed E-state index contributed by atoms with van der Waals surface area (Å²) in [6, 6.07) is 0. The third-order valence-electron chi connectivity index (χ3n) is 1.93. The second-order valence-electron chi connectivity index (χ2n) is 2.81. The number of ether oxygens (including phenoxy) is 2. The summed E-state index contributed by atoms with van der Waals surface area (Å²) in [5.41, 5.74) is 0. The molecule has 0 amide bonds. The van der Waals surface area contributed by atoms with Gasteiger partial charge in [-0.05, 0) is 6.54 Å². The van der Waals surface area contributed by atoms with Crippen LogP contribution in [0.25, 0.3) is 0 Å². The highest BCUT2D eigenvalue weighted by Crippen LogP contribution is 2.05. The number of hydrogen-bond acceptors (Lipinski definition) is 3. The van der Waals surface area contributed by atoms with E-state index in [-0.39, 0.29) is 6.29 Å². The summed E-state index contributed by atoms with van der Waals surface area (Å²) in [5, 5.41) is 0. The highest BCUT2D eigenvalue weighted by Gasteiger charge is 2.17. The van der Waals surface area contributed by atoms with Crippen molar-refractivity contribution in [3.63, 3.8) is 0 Å². The van der Waals surface area contributed by atoms with Gasteiger partial charge in [0, 0.05) is 13.1 Å². The van der Waals surface area contributed by atoms with Gasteiger partial charge in [-0.15, -0.1) is 6.58 Å². The molecule has 0 aromatic heterocycles. The Morgan fingerprint density at radius 1 is 1.50 bits per heavy atom. The molecule has 3 heteroatoms. The largest absolute Gasteiger partial charge is 0.349 e. The van der Waals surface area contributed by atoms with Crippen LogP contribution < -0.4 is 0 Å². The fourth-order valence-electron chi connectivity index (χ4n) is 1.24. The zero-order chi connectivity index (χ0) is 8.81. The average Bonchev–Trinajstić information content (AvgIpc) is 2.56. The first kappa shape index (κ1) is 9.71. The maximum atomic E-state index is 5.33. The molecular weight excluding hydrogens is 154 g/mol. The van der Waals surface area contributed by atoms with Crippen molar-refractivity contribution in [2.45, 2.75) is 13.2 Å². The molecule has 1 aliphatic rings. The Balaban J connectivity index is 2.20. The first-order chi connectivity index (χ1) is 5.86. The van der Waals surface area contributed by atoms with Gasteiger partial charge in [0.15, 0.2) is 6.29 Å². The highest BCUT2D eigenvalue weighted by molar-refractivity contribution is 4.73. The molecular formula is C9H17NO2. The SMILES string of the molecule is C=CCN(CC)CC1OCCO1. The molecule has 0 spiro atoms. The predicted octanol–water partition coefficient (Wildman–Crippen LogP) is 0.867. The van der Waals surface area contributed by atoms with Crippen molar-refractivity contribution in [1.29, 1.82) is 0 Å². The Morgan fingerprint density at radius 2 is 2.17 bits per heavy atom. The van der Waals surface area contributed by atoms with Gasteiger partial charge in [0.1, 0.15) is 0 Å². The molecule has 1 saturated heterocycles. The summed E-state index contributed by atoms with van der Waals surface area (Å²) in [6.45, 7) is 10.0. The molecule has 0 aliphatic carbocycles. The van der Waals surface area contributed by atoms with Crippen LogP contribution in [0.2, 0.25) is 0 Å². The van der Waals surface area contributed by atoms with Gasteiger partial charge in [-0.1, -0.05) is 13.0 Å². The van der Waals surface area contributed by atoms with Crippen LogP contribution in [-0.2, 0) is 9.47 Å². The Kier molecular flexibility index (Phi) is 4.29. The van der Waals surface area contributed by atoms with Crippen molar-refractivity contribution in [1.82, 2.24) is 4.90 Å². The molecule has 1 aliphatic heterocycles. The fourth-order valence-corrected chi connectivity index (χ4v) is 1.24. The summed E-state index contributed by atoms with van der Waals surface area (Å²) >= 11 is 0. The molecule has 1 heterocycles. The van der Waals surface area contributed by atoms with Gasteiger partial charge in [0.25, 0.3) is 0 Å². The van der Waals surface area contributed by atoms with E-state index in [0.29, 0.717) is 0 Å². The lowest BCUT2D eigenvalue weighted by atomic mass is 10.4. The Labute approximate surface area is 74.0 Å². The van der Waals surface area contributed by atoms with Crippen molar-refractivity contribution in [2.24, 2.45) is 0 Å². The maximum Gasteiger partial charge on any atom is 0.170 e. The van der Waals surface area contributed by atoms with E-state index in [1.807, 2.05) is 6.08 Å². The van der Waals surface area contributed by atoms with E-state index in [0.717, 1.165) is 32.8 Å². The predicted molar refractivity (Wildman–Crippen MR) is 48.0 cm³/mol. The van der Waals surface area contributed by atoms with Crippen LogP contribution in [0.5, 0.6) is 0 Å². The molecule has 0 aromatic carbocycles. The number of rotatable bonds is 5. The van der Waals surface area contributed by atoms with E-state index in [1.165, 1.54) is 0 Å². The van der Waals surface area contributed by atoms with Crippen LogP contribution in [0.4, 0.5) is 0 Å². The molecule has 70 valence electrons. The monoisotopic (exact) mass is 171 g/mol. The zero-order valence-electron chi connectivity index (χ0n) is 7.66. The molecule has 0 radical (unpaired) electrons. The fraction of sp³-hybridized carbons (Fsp3) is 0.778. The first-order valence-corrected chi connectivity index (χ1v) is 4.43. The van der Waals surface area contributed by atoms with Gasteiger partial charge in [-0.3, -0.25) is 4.90 Å². The second kappa shape index (κ2) is 5.30. The van der Waals surface area contributed by atoms with Gasteiger partial charge < -0.3 is 9.47 Å². The van der Waals surface area contributed by atoms with Crippen molar-refractivity contribution in [2.75, 3.05) is 32.8 Å². The molecule has 0 saturated carbocycles. The van der Waals surface area contributed by atoms with Crippen LogP contribution in [0.1, 0.15) is 6.92 Å². The minimum absolute atomic E-state index is 0.0232. The van der Waals surface area contributed by atoms with Crippen LogP contribution in [0.3, 0.4) is 0 Å². The van der Waals surface area contributed by atoms with E-state index >= 15 is 0 Å². The molecule has 0 atom stereocenters. The van der Waals surface area contributed by atoms with Crippen LogP contribution >= 0.6 is 0 Å². The number of nitrogens with zero attached hydrogens (tertiary/aromatic N) is 1. The van der Waals surface area contributed by atoms with Crippen molar-refractivity contribution in [3.05, 3.63) is 12.7 Å². The zero-order valence-corrected chi connectivity index (χ0v) is 7.66. The third kappa shape index (κ3) is 2.93. The minimum Gasteiger partial charge on any atom is -0.349 e. The molecule has 3 nitrogen and oxygen atoms in total. The van der Waals surface area contributed by atoms with Crippen molar-refractivity contribution >= 4 is 0 Å². The average molecular weight is 171 g/mol. The summed E-state index contributed by atoms with van der Waals surface area (Å²) in [4.78, 5) is 2.24. The van der Waals surface area contributed by atoms with Gasteiger partial charge in [0.05, 0.1) is 13.2 Å². The lowest BCUT2D eigenvalue weighted by Crippen LogP contribution is -2.32. The number of likely N-dealkylation sites (N-methyl/N-ethyl adjacent to an activating group) is 1.